The van der Waals surface area contributed by atoms with Crippen molar-refractivity contribution in [3.8, 4) is 5.75 Å². The van der Waals surface area contributed by atoms with Crippen LogP contribution in [0.1, 0.15) is 56.6 Å². The van der Waals surface area contributed by atoms with E-state index in [0.717, 1.165) is 33.9 Å². The second kappa shape index (κ2) is 11.1. The molecule has 4 fully saturated rings. The van der Waals surface area contributed by atoms with Crippen LogP contribution in [0.3, 0.4) is 0 Å². The highest BCUT2D eigenvalue weighted by Gasteiger charge is 2.51. The SMILES string of the molecule is CNC(=O)[C@H](C)N(Cc1cccc(OC)c1)C(=O)CN(c1ccc(C23CC4CC(CC(C4)C2)C3)cc1)S(C)(=O)=O. The van der Waals surface area contributed by atoms with Crippen molar-refractivity contribution in [2.24, 2.45) is 17.8 Å². The van der Waals surface area contributed by atoms with Crippen LogP contribution in [0.25, 0.3) is 0 Å². The largest absolute Gasteiger partial charge is 0.497 e. The number of hydrogen-bond acceptors (Lipinski definition) is 5. The van der Waals surface area contributed by atoms with Gasteiger partial charge >= 0.3 is 0 Å². The molecule has 40 heavy (non-hydrogen) atoms. The monoisotopic (exact) mass is 567 g/mol. The van der Waals surface area contributed by atoms with E-state index in [0.29, 0.717) is 11.4 Å². The number of nitrogens with one attached hydrogen (secondary N) is 1. The van der Waals surface area contributed by atoms with Crippen LogP contribution >= 0.6 is 0 Å². The van der Waals surface area contributed by atoms with Gasteiger partial charge in [-0.2, -0.15) is 0 Å². The van der Waals surface area contributed by atoms with Gasteiger partial charge in [0.1, 0.15) is 18.3 Å². The average molecular weight is 568 g/mol. The van der Waals surface area contributed by atoms with Crippen LogP contribution < -0.4 is 14.4 Å². The lowest BCUT2D eigenvalue weighted by Crippen LogP contribution is -2.50. The summed E-state index contributed by atoms with van der Waals surface area (Å²) in [4.78, 5) is 27.7. The summed E-state index contributed by atoms with van der Waals surface area (Å²) in [6, 6.07) is 14.3. The van der Waals surface area contributed by atoms with Crippen molar-refractivity contribution in [2.75, 3.05) is 31.3 Å². The van der Waals surface area contributed by atoms with Crippen molar-refractivity contribution in [1.29, 1.82) is 0 Å². The summed E-state index contributed by atoms with van der Waals surface area (Å²) in [6.07, 6.45) is 8.88. The Morgan fingerprint density at radius 3 is 2.15 bits per heavy atom. The summed E-state index contributed by atoms with van der Waals surface area (Å²) in [5.74, 6) is 2.28. The number of hydrogen-bond donors (Lipinski definition) is 1. The molecule has 0 radical (unpaired) electrons. The topological polar surface area (TPSA) is 96.0 Å². The van der Waals surface area contributed by atoms with Crippen LogP contribution in [0.2, 0.25) is 0 Å². The number of rotatable bonds is 10. The van der Waals surface area contributed by atoms with Crippen LogP contribution in [-0.4, -0.2) is 58.1 Å². The van der Waals surface area contributed by atoms with E-state index < -0.39 is 28.5 Å². The molecule has 2 aromatic rings. The summed E-state index contributed by atoms with van der Waals surface area (Å²) in [5.41, 5.74) is 2.73. The van der Waals surface area contributed by atoms with Crippen molar-refractivity contribution in [2.45, 2.75) is 63.5 Å². The molecule has 8 nitrogen and oxygen atoms in total. The molecule has 0 spiro atoms. The number of methoxy groups -OCH3 is 1. The van der Waals surface area contributed by atoms with Crippen molar-refractivity contribution >= 4 is 27.5 Å². The molecule has 9 heteroatoms. The minimum absolute atomic E-state index is 0.132. The highest BCUT2D eigenvalue weighted by atomic mass is 32.2. The number of carbonyl (C=O) groups is 2. The first-order valence-corrected chi connectivity index (χ1v) is 16.1. The second-order valence-electron chi connectivity index (χ2n) is 12.2. The molecule has 2 amide bonds. The highest BCUT2D eigenvalue weighted by Crippen LogP contribution is 2.60. The van der Waals surface area contributed by atoms with Gasteiger partial charge < -0.3 is 15.0 Å². The fourth-order valence-corrected chi connectivity index (χ4v) is 8.67. The molecule has 4 saturated carbocycles. The van der Waals surface area contributed by atoms with Gasteiger partial charge in [-0.25, -0.2) is 8.42 Å². The minimum atomic E-state index is -3.77. The van der Waals surface area contributed by atoms with Crippen molar-refractivity contribution in [1.82, 2.24) is 10.2 Å². The quantitative estimate of drug-likeness (QED) is 0.467. The van der Waals surface area contributed by atoms with Crippen LogP contribution in [0.15, 0.2) is 48.5 Å². The van der Waals surface area contributed by atoms with E-state index in [1.165, 1.54) is 56.0 Å². The maximum absolute atomic E-state index is 13.7. The molecular weight excluding hydrogens is 526 g/mol. The van der Waals surface area contributed by atoms with Gasteiger partial charge in [0.25, 0.3) is 0 Å². The molecule has 0 saturated heterocycles. The molecule has 4 bridgehead atoms. The number of sulfonamides is 1. The van der Waals surface area contributed by atoms with E-state index in [1.807, 2.05) is 24.3 Å². The van der Waals surface area contributed by atoms with Crippen molar-refractivity contribution in [3.63, 3.8) is 0 Å². The molecule has 0 aliphatic heterocycles. The number of anilines is 1. The van der Waals surface area contributed by atoms with Crippen LogP contribution in [0.4, 0.5) is 5.69 Å². The third-order valence-corrected chi connectivity index (χ3v) is 10.5. The normalized spacial score (nSPS) is 25.8. The number of carbonyl (C=O) groups excluding carboxylic acids is 2. The molecule has 2 aromatic carbocycles. The maximum Gasteiger partial charge on any atom is 0.244 e. The van der Waals surface area contributed by atoms with Gasteiger partial charge in [-0.15, -0.1) is 0 Å². The molecular formula is C31H41N3O5S. The fourth-order valence-electron chi connectivity index (χ4n) is 7.82. The zero-order valence-corrected chi connectivity index (χ0v) is 24.7. The smallest absolute Gasteiger partial charge is 0.244 e. The molecule has 216 valence electrons. The van der Waals surface area contributed by atoms with Crippen molar-refractivity contribution < 1.29 is 22.7 Å². The number of nitrogens with zero attached hydrogens (tertiary/aromatic N) is 2. The fraction of sp³-hybridized carbons (Fsp3) is 0.548. The first-order valence-electron chi connectivity index (χ1n) is 14.2. The Labute approximate surface area is 238 Å². The average Bonchev–Trinajstić information content (AvgIpc) is 2.92. The Hall–Kier alpha value is -3.07. The molecule has 1 N–H and O–H groups in total. The van der Waals surface area contributed by atoms with E-state index >= 15 is 0 Å². The third kappa shape index (κ3) is 5.71. The van der Waals surface area contributed by atoms with Crippen molar-refractivity contribution in [3.05, 3.63) is 59.7 Å². The van der Waals surface area contributed by atoms with E-state index in [1.54, 1.807) is 26.2 Å². The zero-order chi connectivity index (χ0) is 28.7. The van der Waals surface area contributed by atoms with Crippen LogP contribution in [-0.2, 0) is 31.6 Å². The molecule has 1 atom stereocenters. The van der Waals surface area contributed by atoms with E-state index in [-0.39, 0.29) is 17.9 Å². The second-order valence-corrected chi connectivity index (χ2v) is 14.1. The Bertz CT molecular complexity index is 1320. The first-order chi connectivity index (χ1) is 19.0. The van der Waals surface area contributed by atoms with Gasteiger partial charge in [-0.3, -0.25) is 13.9 Å². The Morgan fingerprint density at radius 2 is 1.62 bits per heavy atom. The minimum Gasteiger partial charge on any atom is -0.497 e. The summed E-state index contributed by atoms with van der Waals surface area (Å²) >= 11 is 0. The lowest BCUT2D eigenvalue weighted by Gasteiger charge is -2.57. The van der Waals surface area contributed by atoms with E-state index in [2.05, 4.69) is 17.4 Å². The number of benzene rings is 2. The number of amides is 2. The van der Waals surface area contributed by atoms with Gasteiger partial charge in [0.15, 0.2) is 0 Å². The molecule has 4 aliphatic rings. The predicted octanol–water partition coefficient (Wildman–Crippen LogP) is 4.09. The molecule has 0 heterocycles. The van der Waals surface area contributed by atoms with Gasteiger partial charge in [0.05, 0.1) is 19.1 Å². The maximum atomic E-state index is 13.7. The van der Waals surface area contributed by atoms with E-state index in [9.17, 15) is 18.0 Å². The first kappa shape index (κ1) is 28.5. The Balaban J connectivity index is 1.39. The standard InChI is InChI=1S/C31H41N3O5S/c1-21(30(36)32-2)33(19-22-6-5-7-28(15-22)39-3)29(35)20-34(40(4,37)38)27-10-8-26(9-11-27)31-16-23-12-24(17-31)14-25(13-23)18-31/h5-11,15,21,23-25H,12-14,16-20H2,1-4H3,(H,32,36)/t21-,23?,24?,25?,31?/m0/s1. The van der Waals surface area contributed by atoms with Crippen LogP contribution in [0.5, 0.6) is 5.75 Å². The molecule has 0 aromatic heterocycles. The summed E-state index contributed by atoms with van der Waals surface area (Å²) in [7, 11) is -0.696. The zero-order valence-electron chi connectivity index (χ0n) is 23.9. The lowest BCUT2D eigenvalue weighted by molar-refractivity contribution is -0.139. The van der Waals surface area contributed by atoms with Crippen LogP contribution in [0, 0.1) is 17.8 Å². The summed E-state index contributed by atoms with van der Waals surface area (Å²) in [6.45, 7) is 1.37. The summed E-state index contributed by atoms with van der Waals surface area (Å²) < 4.78 is 32.4. The van der Waals surface area contributed by atoms with E-state index in [4.69, 9.17) is 4.74 Å². The van der Waals surface area contributed by atoms with Gasteiger partial charge in [-0.05, 0) is 104 Å². The predicted molar refractivity (Wildman–Crippen MR) is 156 cm³/mol. The molecule has 6 rings (SSSR count). The Morgan fingerprint density at radius 1 is 1.02 bits per heavy atom. The third-order valence-electron chi connectivity index (χ3n) is 9.39. The van der Waals surface area contributed by atoms with Gasteiger partial charge in [0, 0.05) is 13.6 Å². The summed E-state index contributed by atoms with van der Waals surface area (Å²) in [5, 5.41) is 2.59. The lowest BCUT2D eigenvalue weighted by atomic mass is 9.48. The molecule has 4 aliphatic carbocycles. The number of ether oxygens (including phenoxy) is 1. The highest BCUT2D eigenvalue weighted by molar-refractivity contribution is 7.92. The number of likely N-dealkylation sites (N-methyl/N-ethyl adjacent to an activating group) is 1. The van der Waals surface area contributed by atoms with Gasteiger partial charge in [0.2, 0.25) is 21.8 Å². The Kier molecular flexibility index (Phi) is 7.88. The van der Waals surface area contributed by atoms with Gasteiger partial charge in [-0.1, -0.05) is 24.3 Å². The molecule has 0 unspecified atom stereocenters.